The van der Waals surface area contributed by atoms with Crippen LogP contribution in [0.4, 0.5) is 0 Å². The molecule has 2 atom stereocenters. The van der Waals surface area contributed by atoms with Crippen LogP contribution in [0.3, 0.4) is 0 Å². The topological polar surface area (TPSA) is 101 Å². The number of aryl methyl sites for hydroxylation is 2. The molecule has 0 aliphatic carbocycles. The number of rotatable bonds is 7. The molecule has 1 unspecified atom stereocenters. The molecule has 2 N–H and O–H groups in total. The van der Waals surface area contributed by atoms with E-state index in [4.69, 9.17) is 16.7 Å². The maximum absolute atomic E-state index is 12.1. The van der Waals surface area contributed by atoms with Gasteiger partial charge in [-0.25, -0.2) is 4.79 Å². The van der Waals surface area contributed by atoms with Crippen molar-refractivity contribution in [1.82, 2.24) is 15.1 Å². The molecular formula is C12H18ClN3O4S. The number of aromatic nitrogens is 2. The lowest BCUT2D eigenvalue weighted by atomic mass is 10.3. The van der Waals surface area contributed by atoms with Crippen LogP contribution < -0.4 is 5.32 Å². The van der Waals surface area contributed by atoms with Gasteiger partial charge >= 0.3 is 5.97 Å². The van der Waals surface area contributed by atoms with Crippen molar-refractivity contribution in [2.24, 2.45) is 7.05 Å². The predicted octanol–water partition coefficient (Wildman–Crippen LogP) is 0.474. The molecule has 1 amide bonds. The highest BCUT2D eigenvalue weighted by molar-refractivity contribution is 7.84. The van der Waals surface area contributed by atoms with E-state index in [1.807, 2.05) is 6.92 Å². The third-order valence-electron chi connectivity index (χ3n) is 2.83. The van der Waals surface area contributed by atoms with Gasteiger partial charge in [-0.2, -0.15) is 5.10 Å². The van der Waals surface area contributed by atoms with Crippen LogP contribution in [0.5, 0.6) is 0 Å². The van der Waals surface area contributed by atoms with Gasteiger partial charge < -0.3 is 10.4 Å². The molecule has 1 aromatic rings. The van der Waals surface area contributed by atoms with Crippen molar-refractivity contribution < 1.29 is 18.9 Å². The Morgan fingerprint density at radius 1 is 1.52 bits per heavy atom. The number of hydrogen-bond donors (Lipinski definition) is 2. The molecule has 0 saturated heterocycles. The Hall–Kier alpha value is -1.41. The van der Waals surface area contributed by atoms with E-state index in [-0.39, 0.29) is 11.5 Å². The molecule has 7 nitrogen and oxygen atoms in total. The smallest absolute Gasteiger partial charge is 0.327 e. The molecule has 118 valence electrons. The van der Waals surface area contributed by atoms with Crippen LogP contribution in [0.15, 0.2) is 0 Å². The Morgan fingerprint density at radius 3 is 2.57 bits per heavy atom. The summed E-state index contributed by atoms with van der Waals surface area (Å²) in [7, 11) is 0.206. The van der Waals surface area contributed by atoms with E-state index >= 15 is 0 Å². The van der Waals surface area contributed by atoms with Gasteiger partial charge in [0.2, 0.25) is 5.91 Å². The SMILES string of the molecule is CCc1nn(C)c(CS(=O)C[C@H](NC(C)=O)C(=O)O)c1Cl. The standard InChI is InChI=1S/C12H18ClN3O4S/c1-4-8-11(13)10(16(3)15-8)6-21(20)5-9(12(18)19)14-7(2)17/h9H,4-6H2,1-3H3,(H,14,17)(H,18,19)/t9-,21?/m0/s1. The zero-order valence-corrected chi connectivity index (χ0v) is 13.6. The highest BCUT2D eigenvalue weighted by Crippen LogP contribution is 2.22. The van der Waals surface area contributed by atoms with Crippen molar-refractivity contribution in [3.8, 4) is 0 Å². The second kappa shape index (κ2) is 7.56. The first-order valence-electron chi connectivity index (χ1n) is 6.31. The zero-order chi connectivity index (χ0) is 16.2. The van der Waals surface area contributed by atoms with Gasteiger partial charge in [0.05, 0.1) is 27.9 Å². The van der Waals surface area contributed by atoms with Gasteiger partial charge in [-0.15, -0.1) is 0 Å². The highest BCUT2D eigenvalue weighted by Gasteiger charge is 2.23. The lowest BCUT2D eigenvalue weighted by Crippen LogP contribution is -2.43. The number of amides is 1. The number of nitrogens with zero attached hydrogens (tertiary/aromatic N) is 2. The summed E-state index contributed by atoms with van der Waals surface area (Å²) < 4.78 is 13.7. The van der Waals surface area contributed by atoms with Gasteiger partial charge in [-0.3, -0.25) is 13.7 Å². The number of nitrogens with one attached hydrogen (secondary N) is 1. The Bertz CT molecular complexity index is 573. The third-order valence-corrected chi connectivity index (χ3v) is 4.57. The number of halogens is 1. The number of carboxylic acid groups (broad SMARTS) is 1. The minimum Gasteiger partial charge on any atom is -0.480 e. The van der Waals surface area contributed by atoms with Gasteiger partial charge in [-0.05, 0) is 6.42 Å². The van der Waals surface area contributed by atoms with E-state index < -0.39 is 28.7 Å². The summed E-state index contributed by atoms with van der Waals surface area (Å²) in [6, 6.07) is -1.18. The Balaban J connectivity index is 2.79. The van der Waals surface area contributed by atoms with E-state index in [1.54, 1.807) is 11.7 Å². The number of hydrogen-bond acceptors (Lipinski definition) is 4. The van der Waals surface area contributed by atoms with Crippen LogP contribution in [0, 0.1) is 0 Å². The summed E-state index contributed by atoms with van der Waals surface area (Å²) in [5, 5.41) is 15.9. The van der Waals surface area contributed by atoms with Crippen molar-refractivity contribution in [3.05, 3.63) is 16.4 Å². The summed E-state index contributed by atoms with van der Waals surface area (Å²) in [6.07, 6.45) is 0.656. The molecule has 21 heavy (non-hydrogen) atoms. The minimum absolute atomic E-state index is 0.0890. The summed E-state index contributed by atoms with van der Waals surface area (Å²) in [5.74, 6) is -1.79. The first-order chi connectivity index (χ1) is 9.76. The second-order valence-corrected chi connectivity index (χ2v) is 6.41. The van der Waals surface area contributed by atoms with Crippen molar-refractivity contribution in [3.63, 3.8) is 0 Å². The first kappa shape index (κ1) is 17.6. The van der Waals surface area contributed by atoms with Crippen LogP contribution in [0.25, 0.3) is 0 Å². The molecule has 0 saturated carbocycles. The van der Waals surface area contributed by atoms with Gasteiger partial charge in [0, 0.05) is 24.8 Å². The van der Waals surface area contributed by atoms with E-state index in [0.29, 0.717) is 22.8 Å². The average molecular weight is 336 g/mol. The molecule has 0 aliphatic rings. The van der Waals surface area contributed by atoms with Crippen molar-refractivity contribution in [1.29, 1.82) is 0 Å². The first-order valence-corrected chi connectivity index (χ1v) is 8.18. The lowest BCUT2D eigenvalue weighted by molar-refractivity contribution is -0.140. The van der Waals surface area contributed by atoms with Crippen LogP contribution in [0.1, 0.15) is 25.2 Å². The van der Waals surface area contributed by atoms with Gasteiger partial charge in [0.1, 0.15) is 6.04 Å². The van der Waals surface area contributed by atoms with Crippen LogP contribution >= 0.6 is 11.6 Å². The van der Waals surface area contributed by atoms with E-state index in [0.717, 1.165) is 0 Å². The molecule has 1 aromatic heterocycles. The van der Waals surface area contributed by atoms with Crippen molar-refractivity contribution >= 4 is 34.3 Å². The largest absolute Gasteiger partial charge is 0.480 e. The van der Waals surface area contributed by atoms with E-state index in [2.05, 4.69) is 10.4 Å². The predicted molar refractivity (Wildman–Crippen MR) is 79.5 cm³/mol. The third kappa shape index (κ3) is 4.82. The average Bonchev–Trinajstić information content (AvgIpc) is 2.64. The zero-order valence-electron chi connectivity index (χ0n) is 12.1. The van der Waals surface area contributed by atoms with Gasteiger partial charge in [0.15, 0.2) is 0 Å². The summed E-state index contributed by atoms with van der Waals surface area (Å²) in [4.78, 5) is 22.0. The Kier molecular flexibility index (Phi) is 6.35. The van der Waals surface area contributed by atoms with Crippen molar-refractivity contribution in [2.45, 2.75) is 32.1 Å². The fourth-order valence-corrected chi connectivity index (χ4v) is 3.59. The molecule has 0 bridgehead atoms. The van der Waals surface area contributed by atoms with Gasteiger partial charge in [0.25, 0.3) is 0 Å². The quantitative estimate of drug-likeness (QED) is 0.754. The molecule has 0 aliphatic heterocycles. The van der Waals surface area contributed by atoms with Crippen LogP contribution in [-0.2, 0) is 39.6 Å². The number of carbonyl (C=O) groups excluding carboxylic acids is 1. The maximum atomic E-state index is 12.1. The minimum atomic E-state index is -1.49. The second-order valence-electron chi connectivity index (χ2n) is 4.53. The van der Waals surface area contributed by atoms with Gasteiger partial charge in [-0.1, -0.05) is 18.5 Å². The highest BCUT2D eigenvalue weighted by atomic mass is 35.5. The van der Waals surface area contributed by atoms with E-state index in [1.165, 1.54) is 6.92 Å². The van der Waals surface area contributed by atoms with E-state index in [9.17, 15) is 13.8 Å². The molecule has 1 rings (SSSR count). The molecule has 9 heteroatoms. The molecule has 0 spiro atoms. The molecule has 1 heterocycles. The fourth-order valence-electron chi connectivity index (χ4n) is 1.79. The van der Waals surface area contributed by atoms with Crippen LogP contribution in [-0.4, -0.2) is 42.8 Å². The Morgan fingerprint density at radius 2 is 2.14 bits per heavy atom. The van der Waals surface area contributed by atoms with Crippen LogP contribution in [0.2, 0.25) is 5.02 Å². The summed E-state index contributed by atoms with van der Waals surface area (Å²) in [5.41, 5.74) is 1.31. The Labute approximate surface area is 130 Å². The monoisotopic (exact) mass is 335 g/mol. The number of carboxylic acids is 1. The molecular weight excluding hydrogens is 318 g/mol. The lowest BCUT2D eigenvalue weighted by Gasteiger charge is -2.12. The normalized spacial score (nSPS) is 13.7. The number of aliphatic carboxylic acids is 1. The maximum Gasteiger partial charge on any atom is 0.327 e. The number of carbonyl (C=O) groups is 2. The summed E-state index contributed by atoms with van der Waals surface area (Å²) in [6.45, 7) is 3.12. The molecule has 0 radical (unpaired) electrons. The molecule has 0 fully saturated rings. The van der Waals surface area contributed by atoms with Crippen molar-refractivity contribution in [2.75, 3.05) is 5.75 Å². The molecule has 0 aromatic carbocycles. The fraction of sp³-hybridized carbons (Fsp3) is 0.583. The summed E-state index contributed by atoms with van der Waals surface area (Å²) >= 11 is 6.15.